The van der Waals surface area contributed by atoms with Crippen molar-refractivity contribution in [3.05, 3.63) is 77.4 Å². The highest BCUT2D eigenvalue weighted by Gasteiger charge is 2.32. The van der Waals surface area contributed by atoms with Crippen LogP contribution in [-0.4, -0.2) is 35.8 Å². The van der Waals surface area contributed by atoms with E-state index in [0.717, 1.165) is 29.3 Å². The minimum absolute atomic E-state index is 0.00573. The molecule has 0 saturated carbocycles. The Kier molecular flexibility index (Phi) is 4.97. The van der Waals surface area contributed by atoms with Gasteiger partial charge in [-0.2, -0.15) is 0 Å². The summed E-state index contributed by atoms with van der Waals surface area (Å²) in [5.74, 6) is -0.188. The van der Waals surface area contributed by atoms with E-state index >= 15 is 0 Å². The number of hydrogen-bond acceptors (Lipinski definition) is 3. The van der Waals surface area contributed by atoms with Gasteiger partial charge < -0.3 is 15.5 Å². The number of fused-ring (bicyclic) bond motifs is 2. The van der Waals surface area contributed by atoms with E-state index in [-0.39, 0.29) is 11.8 Å². The maximum atomic E-state index is 13.2. The second-order valence-electron chi connectivity index (χ2n) is 8.15. The molecular formula is C25H25N3O2. The van der Waals surface area contributed by atoms with E-state index in [1.54, 1.807) is 0 Å². The third-order valence-electron chi connectivity index (χ3n) is 6.15. The topological polar surface area (TPSA) is 61.4 Å². The Hall–Kier alpha value is -3.18. The first-order chi connectivity index (χ1) is 14.7. The van der Waals surface area contributed by atoms with Crippen LogP contribution in [0.25, 0.3) is 10.8 Å². The monoisotopic (exact) mass is 399 g/mol. The first-order valence-electron chi connectivity index (χ1n) is 10.6. The molecule has 5 rings (SSSR count). The van der Waals surface area contributed by atoms with Gasteiger partial charge in [0.2, 0.25) is 0 Å². The summed E-state index contributed by atoms with van der Waals surface area (Å²) in [6, 6.07) is 19.6. The maximum Gasteiger partial charge on any atom is 0.256 e. The standard InChI is InChI=1S/C25H25N3O2/c29-24(21-12-5-8-17-7-1-2-11-20(17)21)27-22-13-6-9-18-15-28(25(30)23(18)22)16-19-10-3-4-14-26-19/h1-2,5-9,11-13,19,26H,3-4,10,14-16H2,(H,27,29). The number of nitrogens with one attached hydrogen (secondary N) is 2. The fraction of sp³-hybridized carbons (Fsp3) is 0.280. The molecule has 3 aromatic rings. The Bertz CT molecular complexity index is 1110. The van der Waals surface area contributed by atoms with Crippen molar-refractivity contribution in [1.82, 2.24) is 10.2 Å². The van der Waals surface area contributed by atoms with Gasteiger partial charge in [-0.1, -0.05) is 55.0 Å². The summed E-state index contributed by atoms with van der Waals surface area (Å²) in [4.78, 5) is 28.2. The Morgan fingerprint density at radius 3 is 2.73 bits per heavy atom. The summed E-state index contributed by atoms with van der Waals surface area (Å²) < 4.78 is 0. The summed E-state index contributed by atoms with van der Waals surface area (Å²) in [5.41, 5.74) is 2.81. The molecule has 1 atom stereocenters. The molecule has 0 radical (unpaired) electrons. The van der Waals surface area contributed by atoms with Crippen molar-refractivity contribution in [2.45, 2.75) is 31.8 Å². The molecule has 5 heteroatoms. The Morgan fingerprint density at radius 1 is 1.03 bits per heavy atom. The summed E-state index contributed by atoms with van der Waals surface area (Å²) in [5, 5.41) is 8.44. The zero-order chi connectivity index (χ0) is 20.5. The molecule has 0 aromatic heterocycles. The van der Waals surface area contributed by atoms with Crippen LogP contribution in [0.3, 0.4) is 0 Å². The van der Waals surface area contributed by atoms with Gasteiger partial charge in [0.1, 0.15) is 0 Å². The normalized spacial score (nSPS) is 18.5. The number of rotatable bonds is 4. The Morgan fingerprint density at radius 2 is 1.87 bits per heavy atom. The van der Waals surface area contributed by atoms with Gasteiger partial charge in [-0.15, -0.1) is 0 Å². The van der Waals surface area contributed by atoms with Crippen LogP contribution in [0, 0.1) is 0 Å². The highest BCUT2D eigenvalue weighted by molar-refractivity contribution is 6.15. The molecule has 30 heavy (non-hydrogen) atoms. The van der Waals surface area contributed by atoms with Gasteiger partial charge >= 0.3 is 0 Å². The average molecular weight is 399 g/mol. The summed E-state index contributed by atoms with van der Waals surface area (Å²) >= 11 is 0. The zero-order valence-corrected chi connectivity index (χ0v) is 16.9. The van der Waals surface area contributed by atoms with Crippen molar-refractivity contribution in [2.24, 2.45) is 0 Å². The maximum absolute atomic E-state index is 13.2. The molecule has 0 aliphatic carbocycles. The zero-order valence-electron chi connectivity index (χ0n) is 16.9. The van der Waals surface area contributed by atoms with Crippen LogP contribution in [0.5, 0.6) is 0 Å². The van der Waals surface area contributed by atoms with E-state index in [9.17, 15) is 9.59 Å². The van der Waals surface area contributed by atoms with Crippen molar-refractivity contribution >= 4 is 28.3 Å². The molecule has 1 fully saturated rings. The van der Waals surface area contributed by atoms with Crippen LogP contribution in [-0.2, 0) is 6.54 Å². The Labute approximate surface area is 176 Å². The van der Waals surface area contributed by atoms with E-state index in [1.807, 2.05) is 65.6 Å². The molecule has 2 amide bonds. The lowest BCUT2D eigenvalue weighted by molar-refractivity contribution is 0.0756. The fourth-order valence-electron chi connectivity index (χ4n) is 4.63. The quantitative estimate of drug-likeness (QED) is 0.692. The number of benzene rings is 3. The SMILES string of the molecule is O=C(Nc1cccc2c1C(=O)N(CC1CCCCN1)C2)c1cccc2ccccc12. The molecule has 5 nitrogen and oxygen atoms in total. The molecule has 0 bridgehead atoms. The molecule has 3 aromatic carbocycles. The van der Waals surface area contributed by atoms with Gasteiger partial charge in [0.15, 0.2) is 0 Å². The predicted octanol–water partition coefficient (Wildman–Crippen LogP) is 4.19. The van der Waals surface area contributed by atoms with Crippen LogP contribution in [0.4, 0.5) is 5.69 Å². The molecule has 1 saturated heterocycles. The largest absolute Gasteiger partial charge is 0.333 e. The molecule has 2 N–H and O–H groups in total. The third kappa shape index (κ3) is 3.46. The van der Waals surface area contributed by atoms with E-state index in [0.29, 0.717) is 35.9 Å². The smallest absolute Gasteiger partial charge is 0.256 e. The Balaban J connectivity index is 1.39. The number of carbonyl (C=O) groups excluding carboxylic acids is 2. The second kappa shape index (κ2) is 7.92. The minimum atomic E-state index is -0.194. The molecule has 0 spiro atoms. The van der Waals surface area contributed by atoms with Crippen molar-refractivity contribution in [3.63, 3.8) is 0 Å². The van der Waals surface area contributed by atoms with Crippen LogP contribution in [0.15, 0.2) is 60.7 Å². The predicted molar refractivity (Wildman–Crippen MR) is 119 cm³/mol. The van der Waals surface area contributed by atoms with Gasteiger partial charge in [0.25, 0.3) is 11.8 Å². The average Bonchev–Trinajstić information content (AvgIpc) is 3.10. The second-order valence-corrected chi connectivity index (χ2v) is 8.15. The lowest BCUT2D eigenvalue weighted by atomic mass is 10.0. The van der Waals surface area contributed by atoms with E-state index < -0.39 is 0 Å². The number of piperidine rings is 1. The third-order valence-corrected chi connectivity index (χ3v) is 6.15. The number of anilines is 1. The van der Waals surface area contributed by atoms with Crippen molar-refractivity contribution in [2.75, 3.05) is 18.4 Å². The summed E-state index contributed by atoms with van der Waals surface area (Å²) in [7, 11) is 0. The van der Waals surface area contributed by atoms with Crippen molar-refractivity contribution in [3.8, 4) is 0 Å². The number of hydrogen-bond donors (Lipinski definition) is 2. The molecule has 2 heterocycles. The van der Waals surface area contributed by atoms with Gasteiger partial charge in [-0.3, -0.25) is 9.59 Å². The van der Waals surface area contributed by atoms with Gasteiger partial charge in [0.05, 0.1) is 11.3 Å². The number of nitrogens with zero attached hydrogens (tertiary/aromatic N) is 1. The highest BCUT2D eigenvalue weighted by Crippen LogP contribution is 2.31. The molecule has 2 aliphatic rings. The van der Waals surface area contributed by atoms with Crippen LogP contribution in [0.1, 0.15) is 45.5 Å². The van der Waals surface area contributed by atoms with E-state index in [2.05, 4.69) is 10.6 Å². The fourth-order valence-corrected chi connectivity index (χ4v) is 4.63. The van der Waals surface area contributed by atoms with Crippen LogP contribution in [0.2, 0.25) is 0 Å². The molecule has 1 unspecified atom stereocenters. The van der Waals surface area contributed by atoms with Crippen molar-refractivity contribution in [1.29, 1.82) is 0 Å². The molecular weight excluding hydrogens is 374 g/mol. The number of carbonyl (C=O) groups is 2. The van der Waals surface area contributed by atoms with Crippen molar-refractivity contribution < 1.29 is 9.59 Å². The van der Waals surface area contributed by atoms with Gasteiger partial charge in [-0.25, -0.2) is 0 Å². The first-order valence-corrected chi connectivity index (χ1v) is 10.6. The highest BCUT2D eigenvalue weighted by atomic mass is 16.2. The summed E-state index contributed by atoms with van der Waals surface area (Å²) in [6.45, 7) is 2.33. The molecule has 152 valence electrons. The minimum Gasteiger partial charge on any atom is -0.333 e. The lowest BCUT2D eigenvalue weighted by Gasteiger charge is -2.28. The van der Waals surface area contributed by atoms with Gasteiger partial charge in [0, 0.05) is 24.7 Å². The summed E-state index contributed by atoms with van der Waals surface area (Å²) in [6.07, 6.45) is 3.51. The van der Waals surface area contributed by atoms with E-state index in [4.69, 9.17) is 0 Å². The number of amides is 2. The lowest BCUT2D eigenvalue weighted by Crippen LogP contribution is -2.43. The van der Waals surface area contributed by atoms with Gasteiger partial charge in [-0.05, 0) is 47.9 Å². The first kappa shape index (κ1) is 18.8. The van der Waals surface area contributed by atoms with E-state index in [1.165, 1.54) is 12.8 Å². The molecule has 2 aliphatic heterocycles. The van der Waals surface area contributed by atoms with Crippen LogP contribution < -0.4 is 10.6 Å². The van der Waals surface area contributed by atoms with Crippen LogP contribution >= 0.6 is 0 Å².